The van der Waals surface area contributed by atoms with Gasteiger partial charge in [-0.25, -0.2) is 4.98 Å². The van der Waals surface area contributed by atoms with Crippen molar-refractivity contribution in [3.8, 4) is 11.3 Å². The summed E-state index contributed by atoms with van der Waals surface area (Å²) < 4.78 is 7.78. The number of rotatable bonds is 6. The molecule has 27 heavy (non-hydrogen) atoms. The molecular formula is C23H26N2O2. The lowest BCUT2D eigenvalue weighted by Crippen LogP contribution is -2.37. The van der Waals surface area contributed by atoms with Crippen molar-refractivity contribution >= 4 is 0 Å². The third-order valence-electron chi connectivity index (χ3n) is 5.60. The van der Waals surface area contributed by atoms with Gasteiger partial charge in [-0.1, -0.05) is 60.7 Å². The summed E-state index contributed by atoms with van der Waals surface area (Å²) in [5, 5.41) is 10.1. The molecule has 3 aromatic rings. The molecule has 0 unspecified atom stereocenters. The number of ether oxygens (including phenoxy) is 1. The Morgan fingerprint density at radius 1 is 0.963 bits per heavy atom. The number of imidazole rings is 1. The Morgan fingerprint density at radius 2 is 1.63 bits per heavy atom. The van der Waals surface area contributed by atoms with Crippen LogP contribution in [-0.2, 0) is 17.7 Å². The van der Waals surface area contributed by atoms with Crippen LogP contribution in [-0.4, -0.2) is 34.5 Å². The second-order valence-corrected chi connectivity index (χ2v) is 7.47. The molecule has 140 valence electrons. The van der Waals surface area contributed by atoms with Crippen molar-refractivity contribution in [2.45, 2.75) is 25.8 Å². The zero-order chi connectivity index (χ0) is 18.5. The minimum Gasteiger partial charge on any atom is -0.396 e. The van der Waals surface area contributed by atoms with Gasteiger partial charge in [-0.15, -0.1) is 0 Å². The predicted molar refractivity (Wildman–Crippen MR) is 106 cm³/mol. The fourth-order valence-electron chi connectivity index (χ4n) is 3.89. The van der Waals surface area contributed by atoms with Crippen molar-refractivity contribution in [2.75, 3.05) is 19.8 Å². The first-order chi connectivity index (χ1) is 13.3. The molecule has 1 fully saturated rings. The van der Waals surface area contributed by atoms with Crippen LogP contribution in [0.2, 0.25) is 0 Å². The van der Waals surface area contributed by atoms with E-state index in [1.807, 2.05) is 30.6 Å². The molecule has 1 aliphatic rings. The van der Waals surface area contributed by atoms with Gasteiger partial charge in [-0.05, 0) is 18.4 Å². The molecule has 4 rings (SSSR count). The molecular weight excluding hydrogens is 336 g/mol. The van der Waals surface area contributed by atoms with Crippen LogP contribution in [0.5, 0.6) is 0 Å². The van der Waals surface area contributed by atoms with Crippen molar-refractivity contribution in [2.24, 2.45) is 5.41 Å². The average molecular weight is 362 g/mol. The molecule has 2 aromatic carbocycles. The van der Waals surface area contributed by atoms with Crippen molar-refractivity contribution < 1.29 is 9.84 Å². The smallest absolute Gasteiger partial charge is 0.0956 e. The van der Waals surface area contributed by atoms with E-state index in [1.165, 1.54) is 11.3 Å². The summed E-state index contributed by atoms with van der Waals surface area (Å²) in [6, 6.07) is 20.8. The van der Waals surface area contributed by atoms with Gasteiger partial charge in [0.2, 0.25) is 0 Å². The highest BCUT2D eigenvalue weighted by molar-refractivity contribution is 5.62. The highest BCUT2D eigenvalue weighted by Gasteiger charge is 2.33. The first-order valence-corrected chi connectivity index (χ1v) is 9.62. The molecule has 1 aromatic heterocycles. The number of aliphatic hydroxyl groups excluding tert-OH is 1. The molecule has 4 nitrogen and oxygen atoms in total. The van der Waals surface area contributed by atoms with Crippen LogP contribution < -0.4 is 0 Å². The quantitative estimate of drug-likeness (QED) is 0.723. The van der Waals surface area contributed by atoms with Gasteiger partial charge < -0.3 is 14.4 Å². The van der Waals surface area contributed by atoms with E-state index >= 15 is 0 Å². The second kappa shape index (κ2) is 8.07. The molecule has 0 bridgehead atoms. The lowest BCUT2D eigenvalue weighted by Gasteiger charge is -2.36. The highest BCUT2D eigenvalue weighted by atomic mass is 16.5. The topological polar surface area (TPSA) is 47.3 Å². The SMILES string of the molecule is OCC1(Cn2cnc(-c3ccccc3)c2Cc2ccccc2)CCOCC1. The van der Waals surface area contributed by atoms with E-state index in [0.29, 0.717) is 0 Å². The second-order valence-electron chi connectivity index (χ2n) is 7.47. The summed E-state index contributed by atoms with van der Waals surface area (Å²) in [7, 11) is 0. The van der Waals surface area contributed by atoms with Crippen molar-refractivity contribution in [1.82, 2.24) is 9.55 Å². The molecule has 1 N–H and O–H groups in total. The van der Waals surface area contributed by atoms with Crippen LogP contribution in [0, 0.1) is 5.41 Å². The molecule has 2 heterocycles. The van der Waals surface area contributed by atoms with Gasteiger partial charge in [-0.3, -0.25) is 0 Å². The molecule has 0 atom stereocenters. The molecule has 1 aliphatic heterocycles. The normalized spacial score (nSPS) is 16.3. The van der Waals surface area contributed by atoms with Gasteiger partial charge in [0.15, 0.2) is 0 Å². The van der Waals surface area contributed by atoms with E-state index in [2.05, 4.69) is 41.0 Å². The van der Waals surface area contributed by atoms with Crippen LogP contribution in [0.1, 0.15) is 24.1 Å². The number of hydrogen-bond acceptors (Lipinski definition) is 3. The maximum atomic E-state index is 10.1. The van der Waals surface area contributed by atoms with E-state index in [0.717, 1.165) is 50.3 Å². The maximum Gasteiger partial charge on any atom is 0.0956 e. The van der Waals surface area contributed by atoms with Crippen LogP contribution in [0.3, 0.4) is 0 Å². The number of hydrogen-bond donors (Lipinski definition) is 1. The first kappa shape index (κ1) is 18.0. The highest BCUT2D eigenvalue weighted by Crippen LogP contribution is 2.34. The minimum absolute atomic E-state index is 0.127. The Morgan fingerprint density at radius 3 is 2.30 bits per heavy atom. The third kappa shape index (κ3) is 3.97. The number of aliphatic hydroxyl groups is 1. The summed E-state index contributed by atoms with van der Waals surface area (Å²) in [5.74, 6) is 0. The summed E-state index contributed by atoms with van der Waals surface area (Å²) in [6.45, 7) is 2.39. The first-order valence-electron chi connectivity index (χ1n) is 9.62. The fourth-order valence-corrected chi connectivity index (χ4v) is 3.89. The zero-order valence-electron chi connectivity index (χ0n) is 15.6. The number of benzene rings is 2. The average Bonchev–Trinajstić information content (AvgIpc) is 3.12. The number of aromatic nitrogens is 2. The summed E-state index contributed by atoms with van der Waals surface area (Å²) >= 11 is 0. The standard InChI is InChI=1S/C23H26N2O2/c26-17-23(11-13-27-14-12-23)16-25-18-24-22(20-9-5-2-6-10-20)21(25)15-19-7-3-1-4-8-19/h1-10,18,26H,11-17H2. The van der Waals surface area contributed by atoms with E-state index in [4.69, 9.17) is 9.72 Å². The third-order valence-corrected chi connectivity index (χ3v) is 5.60. The van der Waals surface area contributed by atoms with Gasteiger partial charge in [0.1, 0.15) is 0 Å². The Labute approximate surface area is 160 Å². The Bertz CT molecular complexity index is 853. The molecule has 0 aliphatic carbocycles. The Kier molecular flexibility index (Phi) is 5.37. The lowest BCUT2D eigenvalue weighted by atomic mass is 9.81. The van der Waals surface area contributed by atoms with Gasteiger partial charge in [0.25, 0.3) is 0 Å². The zero-order valence-corrected chi connectivity index (χ0v) is 15.6. The van der Waals surface area contributed by atoms with Gasteiger partial charge in [0, 0.05) is 42.9 Å². The lowest BCUT2D eigenvalue weighted by molar-refractivity contribution is -0.0256. The van der Waals surface area contributed by atoms with Crippen molar-refractivity contribution in [3.63, 3.8) is 0 Å². The Balaban J connectivity index is 1.71. The van der Waals surface area contributed by atoms with E-state index in [9.17, 15) is 5.11 Å². The van der Waals surface area contributed by atoms with Gasteiger partial charge in [0.05, 0.1) is 18.6 Å². The molecule has 0 radical (unpaired) electrons. The molecule has 0 spiro atoms. The van der Waals surface area contributed by atoms with Crippen LogP contribution in [0.15, 0.2) is 67.0 Å². The molecule has 1 saturated heterocycles. The number of nitrogens with zero attached hydrogens (tertiary/aromatic N) is 2. The van der Waals surface area contributed by atoms with Crippen LogP contribution in [0.25, 0.3) is 11.3 Å². The predicted octanol–water partition coefficient (Wildman–Crippen LogP) is 3.93. The molecule has 0 saturated carbocycles. The van der Waals surface area contributed by atoms with Gasteiger partial charge in [-0.2, -0.15) is 0 Å². The summed E-state index contributed by atoms with van der Waals surface area (Å²) in [6.07, 6.45) is 4.52. The Hall–Kier alpha value is -2.43. The molecule has 4 heteroatoms. The monoisotopic (exact) mass is 362 g/mol. The summed E-state index contributed by atoms with van der Waals surface area (Å²) in [4.78, 5) is 4.76. The molecule has 0 amide bonds. The summed E-state index contributed by atoms with van der Waals surface area (Å²) in [5.41, 5.74) is 4.50. The van der Waals surface area contributed by atoms with Gasteiger partial charge >= 0.3 is 0 Å². The van der Waals surface area contributed by atoms with E-state index in [-0.39, 0.29) is 12.0 Å². The van der Waals surface area contributed by atoms with Crippen LogP contribution in [0.4, 0.5) is 0 Å². The van der Waals surface area contributed by atoms with Crippen molar-refractivity contribution in [3.05, 3.63) is 78.2 Å². The van der Waals surface area contributed by atoms with E-state index < -0.39 is 0 Å². The van der Waals surface area contributed by atoms with Crippen molar-refractivity contribution in [1.29, 1.82) is 0 Å². The minimum atomic E-state index is -0.127. The largest absolute Gasteiger partial charge is 0.396 e. The maximum absolute atomic E-state index is 10.1. The van der Waals surface area contributed by atoms with E-state index in [1.54, 1.807) is 0 Å². The van der Waals surface area contributed by atoms with Crippen LogP contribution >= 0.6 is 0 Å². The fraction of sp³-hybridized carbons (Fsp3) is 0.348.